The normalized spacial score (nSPS) is 10.2. The lowest BCUT2D eigenvalue weighted by atomic mass is 10.1. The van der Waals surface area contributed by atoms with Crippen LogP contribution in [0, 0.1) is 0 Å². The molecule has 0 fully saturated rings. The second kappa shape index (κ2) is 7.81. The highest BCUT2D eigenvalue weighted by atomic mass is 16.5. The standard InChI is InChI=1S/C13H19NO3/c1-16-9-3-8-14-13(15)12-6-4-11(5-7-12)10-17-2/h4-7H,3,8-10H2,1-2H3,(H,14,15). The van der Waals surface area contributed by atoms with Crippen LogP contribution in [0.3, 0.4) is 0 Å². The van der Waals surface area contributed by atoms with Gasteiger partial charge in [-0.25, -0.2) is 0 Å². The van der Waals surface area contributed by atoms with Crippen molar-refractivity contribution in [2.45, 2.75) is 13.0 Å². The van der Waals surface area contributed by atoms with Crippen molar-refractivity contribution in [2.75, 3.05) is 27.4 Å². The number of ether oxygens (including phenoxy) is 2. The summed E-state index contributed by atoms with van der Waals surface area (Å²) < 4.78 is 9.91. The number of amides is 1. The maximum Gasteiger partial charge on any atom is 0.251 e. The van der Waals surface area contributed by atoms with E-state index in [0.29, 0.717) is 25.3 Å². The predicted octanol–water partition coefficient (Wildman–Crippen LogP) is 1.60. The Hall–Kier alpha value is -1.39. The van der Waals surface area contributed by atoms with Crippen LogP contribution in [-0.4, -0.2) is 33.3 Å². The molecule has 1 amide bonds. The third kappa shape index (κ3) is 4.97. The van der Waals surface area contributed by atoms with E-state index in [1.54, 1.807) is 26.4 Å². The minimum Gasteiger partial charge on any atom is -0.385 e. The zero-order valence-corrected chi connectivity index (χ0v) is 10.4. The fourth-order valence-electron chi connectivity index (χ4n) is 1.44. The molecule has 1 aromatic rings. The van der Waals surface area contributed by atoms with Gasteiger partial charge in [-0.15, -0.1) is 0 Å². The van der Waals surface area contributed by atoms with Gasteiger partial charge in [-0.3, -0.25) is 4.79 Å². The van der Waals surface area contributed by atoms with Crippen molar-refractivity contribution in [1.82, 2.24) is 5.32 Å². The Balaban J connectivity index is 2.40. The number of benzene rings is 1. The molecule has 0 aliphatic carbocycles. The van der Waals surface area contributed by atoms with E-state index in [1.165, 1.54) is 0 Å². The Morgan fingerprint density at radius 3 is 2.47 bits per heavy atom. The molecule has 0 saturated carbocycles. The molecule has 94 valence electrons. The monoisotopic (exact) mass is 237 g/mol. The van der Waals surface area contributed by atoms with E-state index in [-0.39, 0.29) is 5.91 Å². The molecular weight excluding hydrogens is 218 g/mol. The first-order valence-electron chi connectivity index (χ1n) is 5.63. The second-order valence-corrected chi connectivity index (χ2v) is 3.73. The van der Waals surface area contributed by atoms with Crippen LogP contribution >= 0.6 is 0 Å². The number of nitrogens with one attached hydrogen (secondary N) is 1. The highest BCUT2D eigenvalue weighted by Crippen LogP contribution is 2.05. The van der Waals surface area contributed by atoms with Crippen LogP contribution in [0.1, 0.15) is 22.3 Å². The van der Waals surface area contributed by atoms with Crippen molar-refractivity contribution < 1.29 is 14.3 Å². The first-order valence-corrected chi connectivity index (χ1v) is 5.63. The molecule has 4 nitrogen and oxygen atoms in total. The van der Waals surface area contributed by atoms with E-state index in [2.05, 4.69) is 5.32 Å². The van der Waals surface area contributed by atoms with Gasteiger partial charge in [-0.1, -0.05) is 12.1 Å². The summed E-state index contributed by atoms with van der Waals surface area (Å²) in [5.41, 5.74) is 1.73. The summed E-state index contributed by atoms with van der Waals surface area (Å²) in [6, 6.07) is 7.40. The van der Waals surface area contributed by atoms with E-state index in [9.17, 15) is 4.79 Å². The van der Waals surface area contributed by atoms with Gasteiger partial charge in [0.25, 0.3) is 5.91 Å². The molecule has 0 aliphatic heterocycles. The Bertz CT molecular complexity index is 335. The molecule has 1 aromatic carbocycles. The van der Waals surface area contributed by atoms with Crippen LogP contribution in [0.4, 0.5) is 0 Å². The summed E-state index contributed by atoms with van der Waals surface area (Å²) in [4.78, 5) is 11.7. The molecule has 0 unspecified atom stereocenters. The summed E-state index contributed by atoms with van der Waals surface area (Å²) in [5.74, 6) is -0.0509. The van der Waals surface area contributed by atoms with E-state index in [1.807, 2.05) is 12.1 Å². The first kappa shape index (κ1) is 13.7. The van der Waals surface area contributed by atoms with Crippen molar-refractivity contribution >= 4 is 5.91 Å². The van der Waals surface area contributed by atoms with E-state index >= 15 is 0 Å². The van der Waals surface area contributed by atoms with Gasteiger partial charge >= 0.3 is 0 Å². The minimum absolute atomic E-state index is 0.0509. The number of hydrogen-bond donors (Lipinski definition) is 1. The van der Waals surface area contributed by atoms with Gasteiger partial charge in [0.15, 0.2) is 0 Å². The summed E-state index contributed by atoms with van der Waals surface area (Å²) >= 11 is 0. The van der Waals surface area contributed by atoms with Crippen LogP contribution in [0.25, 0.3) is 0 Å². The number of methoxy groups -OCH3 is 2. The summed E-state index contributed by atoms with van der Waals surface area (Å²) in [6.07, 6.45) is 0.823. The summed E-state index contributed by atoms with van der Waals surface area (Å²) in [6.45, 7) is 1.86. The molecule has 0 atom stereocenters. The minimum atomic E-state index is -0.0509. The zero-order valence-electron chi connectivity index (χ0n) is 10.4. The average Bonchev–Trinajstić information content (AvgIpc) is 2.36. The summed E-state index contributed by atoms with van der Waals surface area (Å²) in [7, 11) is 3.30. The molecule has 0 bridgehead atoms. The molecule has 0 aromatic heterocycles. The fraction of sp³-hybridized carbons (Fsp3) is 0.462. The number of rotatable bonds is 7. The first-order chi connectivity index (χ1) is 8.27. The Morgan fingerprint density at radius 2 is 1.88 bits per heavy atom. The third-order valence-corrected chi connectivity index (χ3v) is 2.34. The zero-order chi connectivity index (χ0) is 12.5. The maximum atomic E-state index is 11.7. The van der Waals surface area contributed by atoms with Crippen LogP contribution in [0.5, 0.6) is 0 Å². The smallest absolute Gasteiger partial charge is 0.251 e. The molecule has 1 N–H and O–H groups in total. The Labute approximate surface area is 102 Å². The SMILES string of the molecule is COCCCNC(=O)c1ccc(COC)cc1. The highest BCUT2D eigenvalue weighted by Gasteiger charge is 2.04. The molecule has 4 heteroatoms. The van der Waals surface area contributed by atoms with Gasteiger partial charge in [-0.2, -0.15) is 0 Å². The van der Waals surface area contributed by atoms with Crippen molar-refractivity contribution in [3.8, 4) is 0 Å². The van der Waals surface area contributed by atoms with Crippen molar-refractivity contribution in [2.24, 2.45) is 0 Å². The number of carbonyl (C=O) groups is 1. The maximum absolute atomic E-state index is 11.7. The molecular formula is C13H19NO3. The molecule has 0 radical (unpaired) electrons. The third-order valence-electron chi connectivity index (χ3n) is 2.34. The second-order valence-electron chi connectivity index (χ2n) is 3.73. The van der Waals surface area contributed by atoms with Crippen LogP contribution in [0.15, 0.2) is 24.3 Å². The van der Waals surface area contributed by atoms with Gasteiger partial charge in [0, 0.05) is 32.9 Å². The van der Waals surface area contributed by atoms with Gasteiger partial charge < -0.3 is 14.8 Å². The predicted molar refractivity (Wildman–Crippen MR) is 66.0 cm³/mol. The highest BCUT2D eigenvalue weighted by molar-refractivity contribution is 5.94. The van der Waals surface area contributed by atoms with Crippen molar-refractivity contribution in [1.29, 1.82) is 0 Å². The van der Waals surface area contributed by atoms with E-state index < -0.39 is 0 Å². The Morgan fingerprint density at radius 1 is 1.18 bits per heavy atom. The summed E-state index contributed by atoms with van der Waals surface area (Å²) in [5, 5.41) is 2.84. The molecule has 0 heterocycles. The largest absolute Gasteiger partial charge is 0.385 e. The molecule has 0 spiro atoms. The molecule has 17 heavy (non-hydrogen) atoms. The molecule has 0 saturated heterocycles. The Kier molecular flexibility index (Phi) is 6.29. The van der Waals surface area contributed by atoms with E-state index in [4.69, 9.17) is 9.47 Å². The topological polar surface area (TPSA) is 47.6 Å². The quantitative estimate of drug-likeness (QED) is 0.733. The van der Waals surface area contributed by atoms with Gasteiger partial charge in [0.2, 0.25) is 0 Å². The van der Waals surface area contributed by atoms with Gasteiger partial charge in [0.1, 0.15) is 0 Å². The number of hydrogen-bond acceptors (Lipinski definition) is 3. The lowest BCUT2D eigenvalue weighted by Gasteiger charge is -2.05. The lowest BCUT2D eigenvalue weighted by Crippen LogP contribution is -2.25. The fourth-order valence-corrected chi connectivity index (χ4v) is 1.44. The van der Waals surface area contributed by atoms with Crippen molar-refractivity contribution in [3.05, 3.63) is 35.4 Å². The van der Waals surface area contributed by atoms with Crippen LogP contribution in [-0.2, 0) is 16.1 Å². The van der Waals surface area contributed by atoms with Crippen molar-refractivity contribution in [3.63, 3.8) is 0 Å². The lowest BCUT2D eigenvalue weighted by molar-refractivity contribution is 0.0948. The molecule has 0 aliphatic rings. The van der Waals surface area contributed by atoms with E-state index in [0.717, 1.165) is 12.0 Å². The van der Waals surface area contributed by atoms with Gasteiger partial charge in [-0.05, 0) is 24.1 Å². The number of carbonyl (C=O) groups excluding carboxylic acids is 1. The van der Waals surface area contributed by atoms with Crippen LogP contribution in [0.2, 0.25) is 0 Å². The average molecular weight is 237 g/mol. The molecule has 1 rings (SSSR count). The van der Waals surface area contributed by atoms with Crippen LogP contribution < -0.4 is 5.32 Å². The van der Waals surface area contributed by atoms with Gasteiger partial charge in [0.05, 0.1) is 6.61 Å².